The molecule has 1 aromatic carbocycles. The summed E-state index contributed by atoms with van der Waals surface area (Å²) >= 11 is 0. The average Bonchev–Trinajstić information content (AvgIpc) is 2.33. The van der Waals surface area contributed by atoms with Crippen molar-refractivity contribution in [2.45, 2.75) is 25.7 Å². The first-order chi connectivity index (χ1) is 9.07. The smallest absolute Gasteiger partial charge is 0.227 e. The largest absolute Gasteiger partial charge is 0.355 e. The van der Waals surface area contributed by atoms with Gasteiger partial charge < -0.3 is 11.1 Å². The molecular formula is C14H18F2N2O. The summed E-state index contributed by atoms with van der Waals surface area (Å²) < 4.78 is 26.3. The summed E-state index contributed by atoms with van der Waals surface area (Å²) in [5.41, 5.74) is 5.47. The third kappa shape index (κ3) is 2.92. The van der Waals surface area contributed by atoms with E-state index in [9.17, 15) is 13.6 Å². The first kappa shape index (κ1) is 13.9. The molecule has 19 heavy (non-hydrogen) atoms. The zero-order chi connectivity index (χ0) is 13.9. The van der Waals surface area contributed by atoms with E-state index < -0.39 is 17.0 Å². The van der Waals surface area contributed by atoms with Crippen molar-refractivity contribution in [3.8, 4) is 0 Å². The number of nitrogens with two attached hydrogens (primary N) is 1. The third-order valence-corrected chi connectivity index (χ3v) is 3.87. The lowest BCUT2D eigenvalue weighted by Crippen LogP contribution is -2.50. The molecule has 0 aromatic heterocycles. The van der Waals surface area contributed by atoms with Crippen LogP contribution in [0.25, 0.3) is 0 Å². The molecule has 1 saturated carbocycles. The standard InChI is InChI=1S/C14H18F2N2O/c15-11-2-3-12(16)10(8-11)4-7-18-13(19)14(9-17)5-1-6-14/h2-3,8H,1,4-7,9,17H2,(H,18,19). The van der Waals surface area contributed by atoms with Gasteiger partial charge in [0.05, 0.1) is 5.41 Å². The summed E-state index contributed by atoms with van der Waals surface area (Å²) in [7, 11) is 0. The maximum Gasteiger partial charge on any atom is 0.227 e. The van der Waals surface area contributed by atoms with Crippen LogP contribution in [-0.2, 0) is 11.2 Å². The van der Waals surface area contributed by atoms with Gasteiger partial charge in [0.2, 0.25) is 5.91 Å². The van der Waals surface area contributed by atoms with Crippen LogP contribution in [0.4, 0.5) is 8.78 Å². The van der Waals surface area contributed by atoms with Crippen LogP contribution < -0.4 is 11.1 Å². The normalized spacial score (nSPS) is 16.8. The molecule has 1 fully saturated rings. The van der Waals surface area contributed by atoms with Crippen LogP contribution in [0, 0.1) is 17.0 Å². The fourth-order valence-corrected chi connectivity index (χ4v) is 2.36. The van der Waals surface area contributed by atoms with Crippen molar-refractivity contribution in [2.75, 3.05) is 13.1 Å². The second-order valence-electron chi connectivity index (χ2n) is 5.08. The highest BCUT2D eigenvalue weighted by atomic mass is 19.1. The lowest BCUT2D eigenvalue weighted by molar-refractivity contribution is -0.135. The Balaban J connectivity index is 1.86. The zero-order valence-corrected chi connectivity index (χ0v) is 10.7. The topological polar surface area (TPSA) is 55.1 Å². The lowest BCUT2D eigenvalue weighted by atomic mass is 9.68. The minimum atomic E-state index is -0.472. The molecule has 1 aliphatic rings. The Bertz CT molecular complexity index is 467. The van der Waals surface area contributed by atoms with Crippen LogP contribution >= 0.6 is 0 Å². The van der Waals surface area contributed by atoms with Gasteiger partial charge in [0.15, 0.2) is 0 Å². The maximum atomic E-state index is 13.4. The molecule has 0 spiro atoms. The first-order valence-electron chi connectivity index (χ1n) is 6.50. The highest BCUT2D eigenvalue weighted by Gasteiger charge is 2.42. The van der Waals surface area contributed by atoms with Gasteiger partial charge in [-0.15, -0.1) is 0 Å². The van der Waals surface area contributed by atoms with Gasteiger partial charge >= 0.3 is 0 Å². The quantitative estimate of drug-likeness (QED) is 0.855. The number of rotatable bonds is 5. The summed E-state index contributed by atoms with van der Waals surface area (Å²) in [6, 6.07) is 3.33. The predicted molar refractivity (Wildman–Crippen MR) is 68.4 cm³/mol. The van der Waals surface area contributed by atoms with Crippen molar-refractivity contribution >= 4 is 5.91 Å². The van der Waals surface area contributed by atoms with Crippen LogP contribution in [0.15, 0.2) is 18.2 Å². The van der Waals surface area contributed by atoms with Crippen LogP contribution in [0.5, 0.6) is 0 Å². The predicted octanol–water partition coefficient (Wildman–Crippen LogP) is 1.75. The van der Waals surface area contributed by atoms with Crippen molar-refractivity contribution in [1.29, 1.82) is 0 Å². The monoisotopic (exact) mass is 268 g/mol. The van der Waals surface area contributed by atoms with Crippen LogP contribution in [-0.4, -0.2) is 19.0 Å². The minimum Gasteiger partial charge on any atom is -0.355 e. The fraction of sp³-hybridized carbons (Fsp3) is 0.500. The average molecular weight is 268 g/mol. The van der Waals surface area contributed by atoms with Gasteiger partial charge in [-0.25, -0.2) is 8.78 Å². The van der Waals surface area contributed by atoms with Crippen LogP contribution in [0.1, 0.15) is 24.8 Å². The van der Waals surface area contributed by atoms with E-state index in [1.165, 1.54) is 0 Å². The van der Waals surface area contributed by atoms with Gasteiger partial charge in [-0.05, 0) is 43.0 Å². The molecule has 1 amide bonds. The molecule has 1 aromatic rings. The molecule has 0 heterocycles. The maximum absolute atomic E-state index is 13.4. The fourth-order valence-electron chi connectivity index (χ4n) is 2.36. The summed E-state index contributed by atoms with van der Waals surface area (Å²) in [6.45, 7) is 0.633. The Labute approximate surface area is 111 Å². The molecule has 5 heteroatoms. The molecule has 2 rings (SSSR count). The van der Waals surface area contributed by atoms with E-state index in [-0.39, 0.29) is 17.9 Å². The molecule has 1 aliphatic carbocycles. The number of carbonyl (C=O) groups excluding carboxylic acids is 1. The Morgan fingerprint density at radius 3 is 2.68 bits per heavy atom. The molecule has 104 valence electrons. The summed E-state index contributed by atoms with van der Waals surface area (Å²) in [6.07, 6.45) is 2.91. The van der Waals surface area contributed by atoms with Crippen molar-refractivity contribution in [3.05, 3.63) is 35.4 Å². The summed E-state index contributed by atoms with van der Waals surface area (Å²) in [4.78, 5) is 12.0. The van der Waals surface area contributed by atoms with E-state index in [4.69, 9.17) is 5.73 Å². The molecule has 0 bridgehead atoms. The highest BCUT2D eigenvalue weighted by Crippen LogP contribution is 2.39. The number of carbonyl (C=O) groups is 1. The number of hydrogen-bond acceptors (Lipinski definition) is 2. The van der Waals surface area contributed by atoms with E-state index in [1.54, 1.807) is 0 Å². The lowest BCUT2D eigenvalue weighted by Gasteiger charge is -2.39. The van der Waals surface area contributed by atoms with Crippen LogP contribution in [0.2, 0.25) is 0 Å². The van der Waals surface area contributed by atoms with Crippen molar-refractivity contribution in [1.82, 2.24) is 5.32 Å². The molecule has 3 N–H and O–H groups in total. The Morgan fingerprint density at radius 1 is 1.37 bits per heavy atom. The molecule has 0 saturated heterocycles. The second-order valence-corrected chi connectivity index (χ2v) is 5.08. The zero-order valence-electron chi connectivity index (χ0n) is 10.7. The number of amides is 1. The molecule has 0 radical (unpaired) electrons. The van der Waals surface area contributed by atoms with Crippen LogP contribution in [0.3, 0.4) is 0 Å². The van der Waals surface area contributed by atoms with Gasteiger partial charge in [-0.2, -0.15) is 0 Å². The molecule has 0 atom stereocenters. The molecule has 3 nitrogen and oxygen atoms in total. The number of benzene rings is 1. The Morgan fingerprint density at radius 2 is 2.11 bits per heavy atom. The van der Waals surface area contributed by atoms with Gasteiger partial charge in [-0.1, -0.05) is 6.42 Å². The van der Waals surface area contributed by atoms with Crippen molar-refractivity contribution in [3.63, 3.8) is 0 Å². The van der Waals surface area contributed by atoms with E-state index >= 15 is 0 Å². The van der Waals surface area contributed by atoms with E-state index in [0.29, 0.717) is 13.1 Å². The SMILES string of the molecule is NCC1(C(=O)NCCc2cc(F)ccc2F)CCC1. The van der Waals surface area contributed by atoms with Gasteiger partial charge in [-0.3, -0.25) is 4.79 Å². The van der Waals surface area contributed by atoms with E-state index in [0.717, 1.165) is 37.5 Å². The van der Waals surface area contributed by atoms with Gasteiger partial charge in [0.1, 0.15) is 11.6 Å². The molecular weight excluding hydrogens is 250 g/mol. The Kier molecular flexibility index (Phi) is 4.14. The van der Waals surface area contributed by atoms with Gasteiger partial charge in [0, 0.05) is 13.1 Å². The highest BCUT2D eigenvalue weighted by molar-refractivity contribution is 5.83. The Hall–Kier alpha value is -1.49. The number of halogens is 2. The first-order valence-corrected chi connectivity index (χ1v) is 6.50. The molecule has 0 unspecified atom stereocenters. The van der Waals surface area contributed by atoms with Gasteiger partial charge in [0.25, 0.3) is 0 Å². The minimum absolute atomic E-state index is 0.0712. The second kappa shape index (κ2) is 5.65. The number of hydrogen-bond donors (Lipinski definition) is 2. The summed E-state index contributed by atoms with van der Waals surface area (Å²) in [5, 5.41) is 2.76. The summed E-state index contributed by atoms with van der Waals surface area (Å²) in [5.74, 6) is -0.994. The third-order valence-electron chi connectivity index (χ3n) is 3.87. The van der Waals surface area contributed by atoms with E-state index in [1.807, 2.05) is 0 Å². The van der Waals surface area contributed by atoms with E-state index in [2.05, 4.69) is 5.32 Å². The van der Waals surface area contributed by atoms with Crippen molar-refractivity contribution in [2.24, 2.45) is 11.1 Å². The molecule has 0 aliphatic heterocycles. The number of nitrogens with one attached hydrogen (secondary N) is 1. The van der Waals surface area contributed by atoms with Crippen molar-refractivity contribution < 1.29 is 13.6 Å².